The molecule has 21 heavy (non-hydrogen) atoms. The molecule has 1 aliphatic rings. The van der Waals surface area contributed by atoms with Gasteiger partial charge in [-0.15, -0.1) is 0 Å². The highest BCUT2D eigenvalue weighted by atomic mass is 19.4. The van der Waals surface area contributed by atoms with Crippen molar-refractivity contribution in [1.82, 2.24) is 9.88 Å². The van der Waals surface area contributed by atoms with Gasteiger partial charge in [0.15, 0.2) is 0 Å². The van der Waals surface area contributed by atoms with Crippen molar-refractivity contribution in [2.75, 3.05) is 19.6 Å². The number of carbonyl (C=O) groups excluding carboxylic acids is 1. The lowest BCUT2D eigenvalue weighted by Crippen LogP contribution is -2.45. The number of hydrogen-bond acceptors (Lipinski definition) is 3. The standard InChI is InChI=1S/C14H18F3N3O/c1-9-4-5-20(8-10(9)6-18)13(21)12-3-2-11(7-19-12)14(15,16)17/h2-3,7,9-10H,4-6,8,18H2,1H3. The van der Waals surface area contributed by atoms with E-state index < -0.39 is 11.7 Å². The summed E-state index contributed by atoms with van der Waals surface area (Å²) in [5, 5.41) is 0. The first-order valence-electron chi connectivity index (χ1n) is 6.85. The van der Waals surface area contributed by atoms with E-state index >= 15 is 0 Å². The van der Waals surface area contributed by atoms with Gasteiger partial charge in [0.2, 0.25) is 0 Å². The summed E-state index contributed by atoms with van der Waals surface area (Å²) in [7, 11) is 0. The summed E-state index contributed by atoms with van der Waals surface area (Å²) in [5.74, 6) is 0.325. The van der Waals surface area contributed by atoms with Gasteiger partial charge < -0.3 is 10.6 Å². The molecule has 0 aromatic carbocycles. The molecule has 1 saturated heterocycles. The maximum atomic E-state index is 12.5. The fraction of sp³-hybridized carbons (Fsp3) is 0.571. The van der Waals surface area contributed by atoms with Gasteiger partial charge in [0.1, 0.15) is 5.69 Å². The van der Waals surface area contributed by atoms with Crippen LogP contribution in [0.5, 0.6) is 0 Å². The van der Waals surface area contributed by atoms with Crippen LogP contribution in [0.4, 0.5) is 13.2 Å². The highest BCUT2D eigenvalue weighted by Gasteiger charge is 2.32. The van der Waals surface area contributed by atoms with Crippen molar-refractivity contribution in [3.63, 3.8) is 0 Å². The minimum Gasteiger partial charge on any atom is -0.337 e. The van der Waals surface area contributed by atoms with Crippen molar-refractivity contribution >= 4 is 5.91 Å². The third kappa shape index (κ3) is 3.53. The maximum Gasteiger partial charge on any atom is 0.417 e. The Kier molecular flexibility index (Phi) is 4.51. The number of hydrogen-bond donors (Lipinski definition) is 1. The van der Waals surface area contributed by atoms with E-state index in [0.717, 1.165) is 18.6 Å². The molecule has 1 fully saturated rings. The second-order valence-corrected chi connectivity index (χ2v) is 5.44. The van der Waals surface area contributed by atoms with Crippen LogP contribution in [-0.2, 0) is 6.18 Å². The number of rotatable bonds is 2. The molecule has 0 spiro atoms. The van der Waals surface area contributed by atoms with Crippen LogP contribution in [0.15, 0.2) is 18.3 Å². The van der Waals surface area contributed by atoms with Gasteiger partial charge in [-0.1, -0.05) is 6.92 Å². The molecular weight excluding hydrogens is 283 g/mol. The van der Waals surface area contributed by atoms with Crippen molar-refractivity contribution in [3.05, 3.63) is 29.6 Å². The zero-order valence-corrected chi connectivity index (χ0v) is 11.7. The Morgan fingerprint density at radius 3 is 2.71 bits per heavy atom. The number of aromatic nitrogens is 1. The molecule has 2 unspecified atom stereocenters. The first kappa shape index (κ1) is 15.8. The van der Waals surface area contributed by atoms with E-state index in [1.807, 2.05) is 0 Å². The molecule has 2 heterocycles. The minimum atomic E-state index is -4.44. The number of nitrogens with zero attached hydrogens (tertiary/aromatic N) is 2. The fourth-order valence-corrected chi connectivity index (χ4v) is 2.49. The van der Waals surface area contributed by atoms with E-state index in [0.29, 0.717) is 31.7 Å². The number of piperidine rings is 1. The number of nitrogens with two attached hydrogens (primary N) is 1. The van der Waals surface area contributed by atoms with E-state index in [-0.39, 0.29) is 17.5 Å². The largest absolute Gasteiger partial charge is 0.417 e. The fourth-order valence-electron chi connectivity index (χ4n) is 2.49. The van der Waals surface area contributed by atoms with Gasteiger partial charge in [0, 0.05) is 19.3 Å². The van der Waals surface area contributed by atoms with E-state index in [9.17, 15) is 18.0 Å². The quantitative estimate of drug-likeness (QED) is 0.910. The van der Waals surface area contributed by atoms with Crippen LogP contribution in [-0.4, -0.2) is 35.4 Å². The molecule has 0 bridgehead atoms. The van der Waals surface area contributed by atoms with Gasteiger partial charge in [-0.3, -0.25) is 9.78 Å². The Morgan fingerprint density at radius 2 is 2.19 bits per heavy atom. The van der Waals surface area contributed by atoms with E-state index in [4.69, 9.17) is 5.73 Å². The van der Waals surface area contributed by atoms with Crippen molar-refractivity contribution in [2.45, 2.75) is 19.5 Å². The zero-order valence-electron chi connectivity index (χ0n) is 11.7. The van der Waals surface area contributed by atoms with Gasteiger partial charge in [0.25, 0.3) is 5.91 Å². The van der Waals surface area contributed by atoms with Crippen LogP contribution >= 0.6 is 0 Å². The van der Waals surface area contributed by atoms with Crippen LogP contribution in [0.1, 0.15) is 29.4 Å². The van der Waals surface area contributed by atoms with Crippen LogP contribution in [0.3, 0.4) is 0 Å². The monoisotopic (exact) mass is 301 g/mol. The summed E-state index contributed by atoms with van der Waals surface area (Å²) in [6, 6.07) is 2.01. The smallest absolute Gasteiger partial charge is 0.337 e. The SMILES string of the molecule is CC1CCN(C(=O)c2ccc(C(F)(F)F)cn2)CC1CN. The molecule has 1 amide bonds. The topological polar surface area (TPSA) is 59.2 Å². The maximum absolute atomic E-state index is 12.5. The number of halogens is 3. The van der Waals surface area contributed by atoms with Crippen molar-refractivity contribution in [1.29, 1.82) is 0 Å². The number of likely N-dealkylation sites (tertiary alicyclic amines) is 1. The number of pyridine rings is 1. The number of amides is 1. The van der Waals surface area contributed by atoms with Crippen LogP contribution in [0.25, 0.3) is 0 Å². The number of carbonyl (C=O) groups is 1. The molecule has 0 saturated carbocycles. The molecule has 0 radical (unpaired) electrons. The lowest BCUT2D eigenvalue weighted by atomic mass is 9.87. The Hall–Kier alpha value is -1.63. The molecule has 7 heteroatoms. The molecule has 2 rings (SSSR count). The van der Waals surface area contributed by atoms with Crippen LogP contribution in [0, 0.1) is 11.8 Å². The first-order chi connectivity index (χ1) is 9.82. The lowest BCUT2D eigenvalue weighted by molar-refractivity contribution is -0.137. The van der Waals surface area contributed by atoms with Crippen LogP contribution in [0.2, 0.25) is 0 Å². The third-order valence-corrected chi connectivity index (χ3v) is 4.01. The normalized spacial score (nSPS) is 23.2. The second kappa shape index (κ2) is 6.01. The molecule has 2 atom stereocenters. The second-order valence-electron chi connectivity index (χ2n) is 5.44. The molecular formula is C14H18F3N3O. The Labute approximate surface area is 121 Å². The Balaban J connectivity index is 2.10. The van der Waals surface area contributed by atoms with Crippen molar-refractivity contribution < 1.29 is 18.0 Å². The number of alkyl halides is 3. The molecule has 1 aromatic heterocycles. The summed E-state index contributed by atoms with van der Waals surface area (Å²) in [6.45, 7) is 3.69. The lowest BCUT2D eigenvalue weighted by Gasteiger charge is -2.36. The third-order valence-electron chi connectivity index (χ3n) is 4.01. The van der Waals surface area contributed by atoms with E-state index in [1.165, 1.54) is 0 Å². The average molecular weight is 301 g/mol. The molecule has 2 N–H and O–H groups in total. The average Bonchev–Trinajstić information content (AvgIpc) is 2.46. The van der Waals surface area contributed by atoms with Gasteiger partial charge in [-0.25, -0.2) is 0 Å². The van der Waals surface area contributed by atoms with Gasteiger partial charge in [-0.2, -0.15) is 13.2 Å². The summed E-state index contributed by atoms with van der Waals surface area (Å²) in [4.78, 5) is 17.5. The summed E-state index contributed by atoms with van der Waals surface area (Å²) < 4.78 is 37.4. The van der Waals surface area contributed by atoms with E-state index in [1.54, 1.807) is 4.90 Å². The Bertz CT molecular complexity index is 501. The van der Waals surface area contributed by atoms with Crippen molar-refractivity contribution in [2.24, 2.45) is 17.6 Å². The molecule has 1 aromatic rings. The summed E-state index contributed by atoms with van der Waals surface area (Å²) in [6.07, 6.45) is -2.91. The predicted octanol–water partition coefficient (Wildman–Crippen LogP) is 2.16. The van der Waals surface area contributed by atoms with Gasteiger partial charge in [0.05, 0.1) is 5.56 Å². The zero-order chi connectivity index (χ0) is 15.6. The summed E-state index contributed by atoms with van der Waals surface area (Å²) >= 11 is 0. The van der Waals surface area contributed by atoms with Crippen molar-refractivity contribution in [3.8, 4) is 0 Å². The minimum absolute atomic E-state index is 0.0355. The Morgan fingerprint density at radius 1 is 1.48 bits per heavy atom. The highest BCUT2D eigenvalue weighted by molar-refractivity contribution is 5.92. The summed E-state index contributed by atoms with van der Waals surface area (Å²) in [5.41, 5.74) is 4.86. The molecule has 4 nitrogen and oxygen atoms in total. The van der Waals surface area contributed by atoms with Gasteiger partial charge >= 0.3 is 6.18 Å². The molecule has 116 valence electrons. The molecule has 0 aliphatic carbocycles. The first-order valence-corrected chi connectivity index (χ1v) is 6.85. The predicted molar refractivity (Wildman–Crippen MR) is 71.5 cm³/mol. The molecule has 1 aliphatic heterocycles. The van der Waals surface area contributed by atoms with Gasteiger partial charge in [-0.05, 0) is 36.9 Å². The van der Waals surface area contributed by atoms with E-state index in [2.05, 4.69) is 11.9 Å². The van der Waals surface area contributed by atoms with Crippen LogP contribution < -0.4 is 5.73 Å². The highest BCUT2D eigenvalue weighted by Crippen LogP contribution is 2.29.